The Labute approximate surface area is 137 Å². The maximum absolute atomic E-state index is 9.93. The van der Waals surface area contributed by atoms with E-state index in [1.807, 2.05) is 0 Å². The molecule has 124 valence electrons. The van der Waals surface area contributed by atoms with Crippen molar-refractivity contribution in [3.8, 4) is 0 Å². The zero-order valence-electron chi connectivity index (χ0n) is 15.1. The molecular weight excluding hydrogens is 272 g/mol. The molecule has 2 nitrogen and oxygen atoms in total. The first kappa shape index (κ1) is 22.5. The quantitative estimate of drug-likeness (QED) is 0.330. The van der Waals surface area contributed by atoms with E-state index in [9.17, 15) is 4.79 Å². The molecule has 0 aliphatic rings. The maximum Gasteiger partial charge on any atom is 0.302 e. The molecule has 0 rings (SSSR count). The third kappa shape index (κ3) is 20.5. The van der Waals surface area contributed by atoms with Crippen LogP contribution >= 0.6 is 0 Å². The fourth-order valence-corrected chi connectivity index (χ4v) is 1.31. The van der Waals surface area contributed by atoms with E-state index in [0.29, 0.717) is 6.61 Å². The van der Waals surface area contributed by atoms with Crippen molar-refractivity contribution in [1.82, 2.24) is 0 Å². The van der Waals surface area contributed by atoms with Crippen LogP contribution in [0.5, 0.6) is 0 Å². The Morgan fingerprint density at radius 3 is 2.18 bits per heavy atom. The van der Waals surface area contributed by atoms with E-state index < -0.39 is 0 Å². The standard InChI is InChI=1S/C15H24.C5H8O2/c1-6-14(4)10-8-12-15(5)11-7-9-13(2)3;1-3-4-7-5(2)6/h6,8-10,12H,7,11H2,1-5H3;3H,1,4H2,2H3. The van der Waals surface area contributed by atoms with E-state index in [1.165, 1.54) is 29.7 Å². The van der Waals surface area contributed by atoms with Crippen LogP contribution in [0, 0.1) is 0 Å². The van der Waals surface area contributed by atoms with Gasteiger partial charge in [-0.2, -0.15) is 0 Å². The molecule has 0 atom stereocenters. The highest BCUT2D eigenvalue weighted by atomic mass is 16.5. The number of esters is 1. The van der Waals surface area contributed by atoms with Crippen molar-refractivity contribution in [1.29, 1.82) is 0 Å². The Morgan fingerprint density at radius 2 is 1.77 bits per heavy atom. The Bertz CT molecular complexity index is 431. The number of rotatable bonds is 7. The number of allylic oxidation sites excluding steroid dienone is 8. The second kappa shape index (κ2) is 15.6. The molecule has 0 aliphatic carbocycles. The summed E-state index contributed by atoms with van der Waals surface area (Å²) in [6.45, 7) is 15.7. The molecule has 0 saturated carbocycles. The van der Waals surface area contributed by atoms with Gasteiger partial charge < -0.3 is 4.74 Å². The molecule has 0 spiro atoms. The molecule has 0 N–H and O–H groups in total. The van der Waals surface area contributed by atoms with Gasteiger partial charge in [-0.3, -0.25) is 4.79 Å². The van der Waals surface area contributed by atoms with E-state index in [1.54, 1.807) is 0 Å². The van der Waals surface area contributed by atoms with Crippen LogP contribution in [0.2, 0.25) is 0 Å². The molecule has 0 aromatic rings. The molecule has 22 heavy (non-hydrogen) atoms. The van der Waals surface area contributed by atoms with E-state index >= 15 is 0 Å². The van der Waals surface area contributed by atoms with Gasteiger partial charge in [-0.1, -0.05) is 59.8 Å². The first-order valence-electron chi connectivity index (χ1n) is 7.67. The van der Waals surface area contributed by atoms with Gasteiger partial charge in [-0.05, 0) is 47.5 Å². The van der Waals surface area contributed by atoms with Crippen LogP contribution in [0.3, 0.4) is 0 Å². The first-order valence-corrected chi connectivity index (χ1v) is 7.67. The lowest BCUT2D eigenvalue weighted by atomic mass is 10.1. The Morgan fingerprint density at radius 1 is 1.14 bits per heavy atom. The Balaban J connectivity index is 0. The van der Waals surface area contributed by atoms with Gasteiger partial charge in [0, 0.05) is 6.92 Å². The molecule has 0 aromatic heterocycles. The van der Waals surface area contributed by atoms with Crippen molar-refractivity contribution in [2.45, 2.75) is 54.4 Å². The Kier molecular flexibility index (Phi) is 15.9. The third-order valence-corrected chi connectivity index (χ3v) is 2.69. The molecule has 0 aromatic carbocycles. The predicted molar refractivity (Wildman–Crippen MR) is 97.8 cm³/mol. The van der Waals surface area contributed by atoms with E-state index in [0.717, 1.165) is 12.8 Å². The molecule has 0 heterocycles. The maximum atomic E-state index is 9.93. The number of ether oxygens (including phenoxy) is 1. The minimum absolute atomic E-state index is 0.264. The largest absolute Gasteiger partial charge is 0.462 e. The molecule has 2 heteroatoms. The van der Waals surface area contributed by atoms with Crippen LogP contribution in [-0.4, -0.2) is 12.6 Å². The average molecular weight is 304 g/mol. The highest BCUT2D eigenvalue weighted by Crippen LogP contribution is 2.07. The Hall–Kier alpha value is -1.83. The normalized spacial score (nSPS) is 11.5. The van der Waals surface area contributed by atoms with Crippen molar-refractivity contribution in [3.05, 3.63) is 59.8 Å². The van der Waals surface area contributed by atoms with Gasteiger partial charge in [-0.15, -0.1) is 0 Å². The van der Waals surface area contributed by atoms with Crippen molar-refractivity contribution in [3.63, 3.8) is 0 Å². The third-order valence-electron chi connectivity index (χ3n) is 2.69. The first-order chi connectivity index (χ1) is 10.3. The van der Waals surface area contributed by atoms with Crippen molar-refractivity contribution in [2.75, 3.05) is 6.61 Å². The summed E-state index contributed by atoms with van der Waals surface area (Å²) in [6, 6.07) is 0. The van der Waals surface area contributed by atoms with E-state index in [4.69, 9.17) is 0 Å². The lowest BCUT2D eigenvalue weighted by molar-refractivity contribution is -0.139. The number of carbonyl (C=O) groups excluding carboxylic acids is 1. The minimum Gasteiger partial charge on any atom is -0.462 e. The lowest BCUT2D eigenvalue weighted by Gasteiger charge is -1.96. The smallest absolute Gasteiger partial charge is 0.302 e. The van der Waals surface area contributed by atoms with Gasteiger partial charge in [0.05, 0.1) is 0 Å². The lowest BCUT2D eigenvalue weighted by Crippen LogP contribution is -1.96. The van der Waals surface area contributed by atoms with E-state index in [-0.39, 0.29) is 5.97 Å². The van der Waals surface area contributed by atoms with Gasteiger partial charge >= 0.3 is 5.97 Å². The van der Waals surface area contributed by atoms with Crippen LogP contribution in [0.25, 0.3) is 0 Å². The average Bonchev–Trinajstić information content (AvgIpc) is 2.45. The second-order valence-electron chi connectivity index (χ2n) is 5.32. The summed E-state index contributed by atoms with van der Waals surface area (Å²) in [5, 5.41) is 0. The van der Waals surface area contributed by atoms with Crippen molar-refractivity contribution < 1.29 is 9.53 Å². The molecule has 0 radical (unpaired) electrons. The predicted octanol–water partition coefficient (Wildman–Crippen LogP) is 5.94. The molecule has 0 amide bonds. The fourth-order valence-electron chi connectivity index (χ4n) is 1.31. The van der Waals surface area contributed by atoms with Gasteiger partial charge in [-0.25, -0.2) is 0 Å². The minimum atomic E-state index is -0.264. The summed E-state index contributed by atoms with van der Waals surface area (Å²) in [5.41, 5.74) is 4.15. The second-order valence-corrected chi connectivity index (χ2v) is 5.32. The number of hydrogen-bond donors (Lipinski definition) is 0. The van der Waals surface area contributed by atoms with Crippen LogP contribution in [0.1, 0.15) is 54.4 Å². The molecule has 0 saturated heterocycles. The van der Waals surface area contributed by atoms with Gasteiger partial charge in [0.2, 0.25) is 0 Å². The number of carbonyl (C=O) groups is 1. The SMILES string of the molecule is C=CCOC(C)=O.CC=C(C)C=CC=C(C)CCC=C(C)C. The highest BCUT2D eigenvalue weighted by Gasteiger charge is 1.86. The van der Waals surface area contributed by atoms with Crippen LogP contribution in [0.15, 0.2) is 59.8 Å². The van der Waals surface area contributed by atoms with Gasteiger partial charge in [0.25, 0.3) is 0 Å². The molecule has 0 aliphatic heterocycles. The van der Waals surface area contributed by atoms with E-state index in [2.05, 4.69) is 76.3 Å². The zero-order valence-corrected chi connectivity index (χ0v) is 15.1. The van der Waals surface area contributed by atoms with Gasteiger partial charge in [0.15, 0.2) is 0 Å². The molecule has 0 bridgehead atoms. The summed E-state index contributed by atoms with van der Waals surface area (Å²) in [5.74, 6) is -0.264. The monoisotopic (exact) mass is 304 g/mol. The van der Waals surface area contributed by atoms with Crippen LogP contribution < -0.4 is 0 Å². The van der Waals surface area contributed by atoms with Crippen molar-refractivity contribution >= 4 is 5.97 Å². The zero-order chi connectivity index (χ0) is 17.4. The van der Waals surface area contributed by atoms with Gasteiger partial charge in [0.1, 0.15) is 6.61 Å². The van der Waals surface area contributed by atoms with Crippen LogP contribution in [-0.2, 0) is 9.53 Å². The topological polar surface area (TPSA) is 26.3 Å². The summed E-state index contributed by atoms with van der Waals surface area (Å²) in [6.07, 6.45) is 14.7. The number of hydrogen-bond acceptors (Lipinski definition) is 2. The summed E-state index contributed by atoms with van der Waals surface area (Å²) in [7, 11) is 0. The highest BCUT2D eigenvalue weighted by molar-refractivity contribution is 5.65. The molecular formula is C20H32O2. The van der Waals surface area contributed by atoms with Crippen LogP contribution in [0.4, 0.5) is 0 Å². The molecule has 0 unspecified atom stereocenters. The molecule has 0 fully saturated rings. The summed E-state index contributed by atoms with van der Waals surface area (Å²) < 4.78 is 4.43. The summed E-state index contributed by atoms with van der Waals surface area (Å²) in [4.78, 5) is 9.93. The summed E-state index contributed by atoms with van der Waals surface area (Å²) >= 11 is 0. The van der Waals surface area contributed by atoms with Crippen molar-refractivity contribution in [2.24, 2.45) is 0 Å². The fraction of sp³-hybridized carbons (Fsp3) is 0.450.